The predicted octanol–water partition coefficient (Wildman–Crippen LogP) is 3.87. The second-order valence-electron chi connectivity index (χ2n) is 8.61. The summed E-state index contributed by atoms with van der Waals surface area (Å²) in [6.45, 7) is 6.92. The molecule has 0 saturated heterocycles. The number of aliphatic hydroxyl groups is 1. The van der Waals surface area contributed by atoms with Crippen LogP contribution in [0.4, 0.5) is 0 Å². The zero-order chi connectivity index (χ0) is 23.1. The molecule has 1 aromatic carbocycles. The van der Waals surface area contributed by atoms with E-state index < -0.39 is 6.10 Å². The molecule has 8 heteroatoms. The van der Waals surface area contributed by atoms with E-state index in [1.54, 1.807) is 30.6 Å². The fraction of sp³-hybridized carbons (Fsp3) is 0.542. The number of carbonyl (C=O) groups excluding carboxylic acids is 1. The maximum Gasteiger partial charge on any atom is 0.237 e. The van der Waals surface area contributed by atoms with Crippen molar-refractivity contribution in [1.29, 1.82) is 0 Å². The largest absolute Gasteiger partial charge is 0.491 e. The molecule has 6 nitrogen and oxygen atoms in total. The molecule has 0 aliphatic carbocycles. The molecule has 1 aliphatic rings. The summed E-state index contributed by atoms with van der Waals surface area (Å²) in [6, 6.07) is 9.24. The SMILES string of the molecule is COC[C@@H](O)CN(CC(=O)N1CCc2sccc2[C@@H]1COc1ccc(Cl)cc1)CC(C)C. The summed E-state index contributed by atoms with van der Waals surface area (Å²) < 4.78 is 11.1. The van der Waals surface area contributed by atoms with Crippen molar-refractivity contribution in [2.45, 2.75) is 32.4 Å². The van der Waals surface area contributed by atoms with Gasteiger partial charge in [-0.1, -0.05) is 25.4 Å². The first-order valence-corrected chi connectivity index (χ1v) is 12.3. The highest BCUT2D eigenvalue weighted by Crippen LogP contribution is 2.34. The molecule has 0 radical (unpaired) electrons. The van der Waals surface area contributed by atoms with E-state index in [2.05, 4.69) is 25.3 Å². The average molecular weight is 481 g/mol. The highest BCUT2D eigenvalue weighted by Gasteiger charge is 2.33. The Labute approximate surface area is 199 Å². The van der Waals surface area contributed by atoms with E-state index in [4.69, 9.17) is 21.1 Å². The van der Waals surface area contributed by atoms with Crippen molar-refractivity contribution in [2.24, 2.45) is 5.92 Å². The fourth-order valence-corrected chi connectivity index (χ4v) is 5.18. The Kier molecular flexibility index (Phi) is 9.37. The zero-order valence-electron chi connectivity index (χ0n) is 19.0. The van der Waals surface area contributed by atoms with Crippen molar-refractivity contribution >= 4 is 28.8 Å². The summed E-state index contributed by atoms with van der Waals surface area (Å²) in [5, 5.41) is 13.0. The van der Waals surface area contributed by atoms with Gasteiger partial charge < -0.3 is 19.5 Å². The molecule has 2 aromatic rings. The van der Waals surface area contributed by atoms with Crippen molar-refractivity contribution in [2.75, 3.05) is 46.5 Å². The first-order valence-electron chi connectivity index (χ1n) is 11.0. The monoisotopic (exact) mass is 480 g/mol. The molecule has 0 bridgehead atoms. The summed E-state index contributed by atoms with van der Waals surface area (Å²) in [5.41, 5.74) is 1.17. The van der Waals surface area contributed by atoms with Crippen molar-refractivity contribution in [3.63, 3.8) is 0 Å². The fourth-order valence-electron chi connectivity index (χ4n) is 4.13. The van der Waals surface area contributed by atoms with Crippen LogP contribution in [0.15, 0.2) is 35.7 Å². The Balaban J connectivity index is 1.72. The number of hydrogen-bond donors (Lipinski definition) is 1. The van der Waals surface area contributed by atoms with Gasteiger partial charge in [-0.25, -0.2) is 0 Å². The van der Waals surface area contributed by atoms with Crippen LogP contribution < -0.4 is 4.74 Å². The first kappa shape index (κ1) is 25.0. The van der Waals surface area contributed by atoms with Gasteiger partial charge in [0.2, 0.25) is 5.91 Å². The molecular weight excluding hydrogens is 448 g/mol. The number of amides is 1. The van der Waals surface area contributed by atoms with Crippen LogP contribution in [0.5, 0.6) is 5.75 Å². The lowest BCUT2D eigenvalue weighted by Crippen LogP contribution is -2.48. The predicted molar refractivity (Wildman–Crippen MR) is 129 cm³/mol. The number of carbonyl (C=O) groups is 1. The lowest BCUT2D eigenvalue weighted by molar-refractivity contribution is -0.136. The van der Waals surface area contributed by atoms with Crippen LogP contribution in [0.3, 0.4) is 0 Å². The summed E-state index contributed by atoms with van der Waals surface area (Å²) in [7, 11) is 1.57. The third-order valence-electron chi connectivity index (χ3n) is 5.45. The van der Waals surface area contributed by atoms with Gasteiger partial charge in [0.15, 0.2) is 0 Å². The number of halogens is 1. The van der Waals surface area contributed by atoms with Crippen LogP contribution >= 0.6 is 22.9 Å². The Morgan fingerprint density at radius 2 is 2.03 bits per heavy atom. The minimum atomic E-state index is -0.625. The highest BCUT2D eigenvalue weighted by atomic mass is 35.5. The van der Waals surface area contributed by atoms with Crippen molar-refractivity contribution in [3.05, 3.63) is 51.2 Å². The summed E-state index contributed by atoms with van der Waals surface area (Å²) in [5.74, 6) is 1.16. The number of aliphatic hydroxyl groups excluding tert-OH is 1. The van der Waals surface area contributed by atoms with E-state index >= 15 is 0 Å². The molecule has 176 valence electrons. The molecule has 0 spiro atoms. The molecule has 1 aliphatic heterocycles. The summed E-state index contributed by atoms with van der Waals surface area (Å²) in [4.78, 5) is 18.7. The lowest BCUT2D eigenvalue weighted by atomic mass is 10.00. The van der Waals surface area contributed by atoms with E-state index in [0.717, 1.165) is 18.7 Å². The second-order valence-corrected chi connectivity index (χ2v) is 10.1. The Hall–Kier alpha value is -1.64. The Bertz CT molecular complexity index is 858. The number of fused-ring (bicyclic) bond motifs is 1. The van der Waals surface area contributed by atoms with Gasteiger partial charge in [-0.05, 0) is 53.6 Å². The van der Waals surface area contributed by atoms with Gasteiger partial charge in [0.05, 0.1) is 25.3 Å². The third-order valence-corrected chi connectivity index (χ3v) is 6.70. The molecule has 1 aromatic heterocycles. The molecule has 32 heavy (non-hydrogen) atoms. The third kappa shape index (κ3) is 6.93. The maximum atomic E-state index is 13.4. The first-order chi connectivity index (χ1) is 15.4. The summed E-state index contributed by atoms with van der Waals surface area (Å²) in [6.07, 6.45) is 0.229. The number of hydrogen-bond acceptors (Lipinski definition) is 6. The second kappa shape index (κ2) is 12.0. The molecule has 2 heterocycles. The van der Waals surface area contributed by atoms with Gasteiger partial charge in [0.25, 0.3) is 0 Å². The van der Waals surface area contributed by atoms with Crippen molar-refractivity contribution in [1.82, 2.24) is 9.80 Å². The van der Waals surface area contributed by atoms with E-state index in [-0.39, 0.29) is 25.1 Å². The van der Waals surface area contributed by atoms with Gasteiger partial charge in [-0.15, -0.1) is 11.3 Å². The van der Waals surface area contributed by atoms with Crippen LogP contribution in [0.25, 0.3) is 0 Å². The zero-order valence-corrected chi connectivity index (χ0v) is 20.6. The van der Waals surface area contributed by atoms with Crippen LogP contribution in [-0.4, -0.2) is 73.4 Å². The number of thiophene rings is 1. The average Bonchev–Trinajstić information content (AvgIpc) is 3.21. The van der Waals surface area contributed by atoms with Crippen LogP contribution in [0.1, 0.15) is 30.3 Å². The molecule has 1 amide bonds. The van der Waals surface area contributed by atoms with Gasteiger partial charge in [0.1, 0.15) is 12.4 Å². The van der Waals surface area contributed by atoms with E-state index in [1.165, 1.54) is 10.4 Å². The number of rotatable bonds is 11. The normalized spacial score (nSPS) is 17.0. The Morgan fingerprint density at radius 3 is 2.72 bits per heavy atom. The van der Waals surface area contributed by atoms with E-state index in [0.29, 0.717) is 30.6 Å². The van der Waals surface area contributed by atoms with Crippen LogP contribution in [-0.2, 0) is 16.0 Å². The topological polar surface area (TPSA) is 62.2 Å². The maximum absolute atomic E-state index is 13.4. The van der Waals surface area contributed by atoms with Crippen LogP contribution in [0.2, 0.25) is 5.02 Å². The van der Waals surface area contributed by atoms with Crippen molar-refractivity contribution < 1.29 is 19.4 Å². The molecule has 0 saturated carbocycles. The molecule has 1 N–H and O–H groups in total. The van der Waals surface area contributed by atoms with Crippen molar-refractivity contribution in [3.8, 4) is 5.75 Å². The minimum absolute atomic E-state index is 0.0526. The Morgan fingerprint density at radius 1 is 1.28 bits per heavy atom. The quantitative estimate of drug-likeness (QED) is 0.529. The van der Waals surface area contributed by atoms with Gasteiger partial charge >= 0.3 is 0 Å². The molecule has 0 fully saturated rings. The number of benzene rings is 1. The van der Waals surface area contributed by atoms with E-state index in [1.807, 2.05) is 21.9 Å². The van der Waals surface area contributed by atoms with E-state index in [9.17, 15) is 9.90 Å². The molecule has 0 unspecified atom stereocenters. The van der Waals surface area contributed by atoms with Gasteiger partial charge in [0, 0.05) is 36.6 Å². The lowest BCUT2D eigenvalue weighted by Gasteiger charge is -2.37. The number of ether oxygens (including phenoxy) is 2. The molecular formula is C24H33ClN2O4S. The van der Waals surface area contributed by atoms with Gasteiger partial charge in [-0.2, -0.15) is 0 Å². The minimum Gasteiger partial charge on any atom is -0.491 e. The number of nitrogens with zero attached hydrogens (tertiary/aromatic N) is 2. The number of methoxy groups -OCH3 is 1. The molecule has 2 atom stereocenters. The standard InChI is InChI=1S/C24H33ClN2O4S/c1-17(2)12-26(13-19(28)15-30-3)14-24(29)27-10-8-23-21(9-11-32-23)22(27)16-31-20-6-4-18(25)5-7-20/h4-7,9,11,17,19,22,28H,8,10,12-16H2,1-3H3/t19-,22-/m0/s1. The van der Waals surface area contributed by atoms with Crippen LogP contribution in [0, 0.1) is 5.92 Å². The smallest absolute Gasteiger partial charge is 0.237 e. The highest BCUT2D eigenvalue weighted by molar-refractivity contribution is 7.10. The molecule has 3 rings (SSSR count). The van der Waals surface area contributed by atoms with Gasteiger partial charge in [-0.3, -0.25) is 9.69 Å². The summed E-state index contributed by atoms with van der Waals surface area (Å²) >= 11 is 7.71.